The second-order valence-electron chi connectivity index (χ2n) is 5.33. The van der Waals surface area contributed by atoms with Crippen LogP contribution in [0.5, 0.6) is 0 Å². The number of amides is 1. The Morgan fingerprint density at radius 3 is 2.65 bits per heavy atom. The van der Waals surface area contributed by atoms with Gasteiger partial charge in [-0.3, -0.25) is 9.78 Å². The van der Waals surface area contributed by atoms with Gasteiger partial charge in [0.1, 0.15) is 5.69 Å². The third kappa shape index (κ3) is 3.26. The van der Waals surface area contributed by atoms with E-state index in [0.29, 0.717) is 28.7 Å². The molecule has 1 N–H and O–H groups in total. The van der Waals surface area contributed by atoms with Gasteiger partial charge in [-0.15, -0.1) is 0 Å². The minimum Gasteiger partial charge on any atom is -0.333 e. The highest BCUT2D eigenvalue weighted by molar-refractivity contribution is 5.95. The lowest BCUT2D eigenvalue weighted by molar-refractivity contribution is -0.118. The maximum absolute atomic E-state index is 11.9. The molecule has 0 atom stereocenters. The molecule has 1 aromatic carbocycles. The van der Waals surface area contributed by atoms with Crippen LogP contribution in [0.4, 0.5) is 5.69 Å². The van der Waals surface area contributed by atoms with Crippen molar-refractivity contribution < 1.29 is 9.32 Å². The van der Waals surface area contributed by atoms with E-state index in [1.807, 2.05) is 44.2 Å². The van der Waals surface area contributed by atoms with Gasteiger partial charge < -0.3 is 9.84 Å². The van der Waals surface area contributed by atoms with Crippen LogP contribution in [-0.2, 0) is 4.79 Å². The minimum absolute atomic E-state index is 0.0677. The number of anilines is 1. The normalized spacial score (nSPS) is 10.7. The summed E-state index contributed by atoms with van der Waals surface area (Å²) in [6, 6.07) is 12.8. The van der Waals surface area contributed by atoms with E-state index in [1.165, 1.54) is 0 Å². The third-order valence-corrected chi connectivity index (χ3v) is 3.26. The summed E-state index contributed by atoms with van der Waals surface area (Å²) >= 11 is 0. The number of carbonyl (C=O) groups excluding carboxylic acids is 1. The van der Waals surface area contributed by atoms with Crippen molar-refractivity contribution in [1.82, 2.24) is 15.1 Å². The fourth-order valence-corrected chi connectivity index (χ4v) is 1.99. The number of carbonyl (C=O) groups is 1. The molecule has 0 saturated carbocycles. The molecule has 2 aromatic heterocycles. The van der Waals surface area contributed by atoms with Crippen molar-refractivity contribution in [3.8, 4) is 23.0 Å². The van der Waals surface area contributed by atoms with Crippen molar-refractivity contribution in [2.75, 3.05) is 5.32 Å². The lowest BCUT2D eigenvalue weighted by atomic mass is 10.1. The summed E-state index contributed by atoms with van der Waals surface area (Å²) in [4.78, 5) is 20.5. The van der Waals surface area contributed by atoms with Crippen molar-refractivity contribution in [3.63, 3.8) is 0 Å². The topological polar surface area (TPSA) is 80.9 Å². The van der Waals surface area contributed by atoms with E-state index >= 15 is 0 Å². The molecule has 3 rings (SSSR count). The smallest absolute Gasteiger partial charge is 0.260 e. The van der Waals surface area contributed by atoms with E-state index in [2.05, 4.69) is 20.4 Å². The molecule has 0 spiro atoms. The number of hydrogen-bond donors (Lipinski definition) is 1. The molecule has 23 heavy (non-hydrogen) atoms. The Labute approximate surface area is 133 Å². The van der Waals surface area contributed by atoms with Crippen LogP contribution in [-0.4, -0.2) is 21.0 Å². The van der Waals surface area contributed by atoms with Crippen LogP contribution < -0.4 is 5.32 Å². The van der Waals surface area contributed by atoms with Gasteiger partial charge in [0.25, 0.3) is 5.89 Å². The second-order valence-corrected chi connectivity index (χ2v) is 5.33. The number of rotatable bonds is 4. The molecule has 0 aliphatic heterocycles. The molecular formula is C17H16N4O2. The molecule has 0 saturated heterocycles. The van der Waals surface area contributed by atoms with Crippen molar-refractivity contribution in [2.24, 2.45) is 5.92 Å². The maximum Gasteiger partial charge on any atom is 0.260 e. The zero-order chi connectivity index (χ0) is 16.2. The van der Waals surface area contributed by atoms with Gasteiger partial charge in [-0.1, -0.05) is 37.2 Å². The highest BCUT2D eigenvalue weighted by Crippen LogP contribution is 2.28. The van der Waals surface area contributed by atoms with Crippen LogP contribution >= 0.6 is 0 Å². The number of nitrogens with one attached hydrogen (secondary N) is 1. The highest BCUT2D eigenvalue weighted by Gasteiger charge is 2.16. The van der Waals surface area contributed by atoms with Gasteiger partial charge >= 0.3 is 0 Å². The molecule has 0 aliphatic rings. The molecule has 116 valence electrons. The molecular weight excluding hydrogens is 292 g/mol. The predicted molar refractivity (Wildman–Crippen MR) is 86.4 cm³/mol. The van der Waals surface area contributed by atoms with E-state index < -0.39 is 0 Å². The number of aromatic nitrogens is 3. The quantitative estimate of drug-likeness (QED) is 0.799. The SMILES string of the molecule is CC(C)C(=O)Nc1ccccc1-c1nc(-c2ccccn2)no1. The van der Waals surface area contributed by atoms with Gasteiger partial charge in [-0.2, -0.15) is 4.98 Å². The molecule has 0 unspecified atom stereocenters. The first-order chi connectivity index (χ1) is 11.1. The molecule has 6 heteroatoms. The fourth-order valence-electron chi connectivity index (χ4n) is 1.99. The summed E-state index contributed by atoms with van der Waals surface area (Å²) < 4.78 is 5.34. The molecule has 0 aliphatic carbocycles. The monoisotopic (exact) mass is 308 g/mol. The van der Waals surface area contributed by atoms with Crippen molar-refractivity contribution >= 4 is 11.6 Å². The van der Waals surface area contributed by atoms with Gasteiger partial charge in [0.05, 0.1) is 11.3 Å². The van der Waals surface area contributed by atoms with E-state index in [1.54, 1.807) is 18.3 Å². The summed E-state index contributed by atoms with van der Waals surface area (Å²) in [6.07, 6.45) is 1.67. The molecule has 3 aromatic rings. The minimum atomic E-state index is -0.116. The van der Waals surface area contributed by atoms with Crippen LogP contribution in [0, 0.1) is 5.92 Å². The van der Waals surface area contributed by atoms with E-state index in [-0.39, 0.29) is 11.8 Å². The summed E-state index contributed by atoms with van der Waals surface area (Å²) in [6.45, 7) is 3.67. The molecule has 2 heterocycles. The number of nitrogens with zero attached hydrogens (tertiary/aromatic N) is 3. The van der Waals surface area contributed by atoms with Gasteiger partial charge in [0, 0.05) is 12.1 Å². The van der Waals surface area contributed by atoms with Crippen molar-refractivity contribution in [2.45, 2.75) is 13.8 Å². The van der Waals surface area contributed by atoms with Crippen LogP contribution in [0.3, 0.4) is 0 Å². The number of para-hydroxylation sites is 1. The Morgan fingerprint density at radius 2 is 1.91 bits per heavy atom. The number of hydrogen-bond acceptors (Lipinski definition) is 5. The standard InChI is InChI=1S/C17H16N4O2/c1-11(2)16(22)19-13-8-4-3-7-12(13)17-20-15(21-23-17)14-9-5-6-10-18-14/h3-11H,1-2H3,(H,19,22). The molecule has 0 bridgehead atoms. The summed E-state index contributed by atoms with van der Waals surface area (Å²) in [5.41, 5.74) is 1.95. The molecule has 1 amide bonds. The van der Waals surface area contributed by atoms with E-state index in [9.17, 15) is 4.79 Å². The first-order valence-electron chi connectivity index (χ1n) is 7.30. The molecule has 0 radical (unpaired) electrons. The van der Waals surface area contributed by atoms with Crippen LogP contribution in [0.15, 0.2) is 53.2 Å². The average molecular weight is 308 g/mol. The first-order valence-corrected chi connectivity index (χ1v) is 7.30. The van der Waals surface area contributed by atoms with E-state index in [0.717, 1.165) is 0 Å². The van der Waals surface area contributed by atoms with Gasteiger partial charge in [0.15, 0.2) is 0 Å². The zero-order valence-corrected chi connectivity index (χ0v) is 12.9. The molecule has 0 fully saturated rings. The number of pyridine rings is 1. The summed E-state index contributed by atoms with van der Waals surface area (Å²) in [7, 11) is 0. The average Bonchev–Trinajstić information content (AvgIpc) is 3.06. The Balaban J connectivity index is 1.94. The zero-order valence-electron chi connectivity index (χ0n) is 12.9. The second kappa shape index (κ2) is 6.39. The van der Waals surface area contributed by atoms with Crippen molar-refractivity contribution in [1.29, 1.82) is 0 Å². The van der Waals surface area contributed by atoms with Gasteiger partial charge in [-0.25, -0.2) is 0 Å². The number of benzene rings is 1. The Hall–Kier alpha value is -3.02. The lowest BCUT2D eigenvalue weighted by Gasteiger charge is -2.10. The largest absolute Gasteiger partial charge is 0.333 e. The molecule has 6 nitrogen and oxygen atoms in total. The maximum atomic E-state index is 11.9. The third-order valence-electron chi connectivity index (χ3n) is 3.26. The van der Waals surface area contributed by atoms with E-state index in [4.69, 9.17) is 4.52 Å². The summed E-state index contributed by atoms with van der Waals surface area (Å²) in [5.74, 6) is 0.563. The predicted octanol–water partition coefficient (Wildman–Crippen LogP) is 3.39. The first kappa shape index (κ1) is 14.9. The van der Waals surface area contributed by atoms with Gasteiger partial charge in [0.2, 0.25) is 11.7 Å². The Morgan fingerprint density at radius 1 is 1.13 bits per heavy atom. The van der Waals surface area contributed by atoms with Crippen molar-refractivity contribution in [3.05, 3.63) is 48.7 Å². The van der Waals surface area contributed by atoms with Crippen LogP contribution in [0.1, 0.15) is 13.8 Å². The Kier molecular flexibility index (Phi) is 4.14. The summed E-state index contributed by atoms with van der Waals surface area (Å²) in [5, 5.41) is 6.83. The fraction of sp³-hybridized carbons (Fsp3) is 0.176. The Bertz CT molecular complexity index is 812. The van der Waals surface area contributed by atoms with Crippen LogP contribution in [0.25, 0.3) is 23.0 Å². The van der Waals surface area contributed by atoms with Gasteiger partial charge in [-0.05, 0) is 24.3 Å². The highest BCUT2D eigenvalue weighted by atomic mass is 16.5. The lowest BCUT2D eigenvalue weighted by Crippen LogP contribution is -2.18. The van der Waals surface area contributed by atoms with Crippen LogP contribution in [0.2, 0.25) is 0 Å².